The fourth-order valence-corrected chi connectivity index (χ4v) is 3.91. The van der Waals surface area contributed by atoms with E-state index >= 15 is 0 Å². The second-order valence-corrected chi connectivity index (χ2v) is 7.70. The molecule has 1 fully saturated rings. The van der Waals surface area contributed by atoms with Crippen LogP contribution in [0.25, 0.3) is 5.76 Å². The number of hydrogen-bond acceptors (Lipinski definition) is 5. The zero-order valence-electron chi connectivity index (χ0n) is 17.2. The first kappa shape index (κ1) is 20.3. The topological polar surface area (TPSA) is 90.7 Å². The molecular weight excluding hydrogens is 392 g/mol. The van der Waals surface area contributed by atoms with E-state index in [1.54, 1.807) is 36.7 Å². The zero-order chi connectivity index (χ0) is 22.1. The molecule has 2 aromatic carbocycles. The highest BCUT2D eigenvalue weighted by molar-refractivity contribution is 6.46. The van der Waals surface area contributed by atoms with Crippen molar-refractivity contribution < 1.29 is 19.8 Å². The molecule has 2 N–H and O–H groups in total. The highest BCUT2D eigenvalue weighted by Gasteiger charge is 2.46. The molecule has 0 aliphatic carbocycles. The number of phenolic OH excluding ortho intramolecular Hbond substituents is 1. The summed E-state index contributed by atoms with van der Waals surface area (Å²) in [7, 11) is 0. The van der Waals surface area contributed by atoms with Crippen LogP contribution in [-0.4, -0.2) is 31.8 Å². The van der Waals surface area contributed by atoms with Gasteiger partial charge in [0.2, 0.25) is 0 Å². The van der Waals surface area contributed by atoms with Crippen LogP contribution in [0, 0.1) is 13.8 Å². The smallest absolute Gasteiger partial charge is 0.295 e. The van der Waals surface area contributed by atoms with Gasteiger partial charge in [-0.25, -0.2) is 0 Å². The van der Waals surface area contributed by atoms with E-state index in [0.717, 1.165) is 16.7 Å². The number of aryl methyl sites for hydroxylation is 2. The maximum absolute atomic E-state index is 13.1. The Kier molecular flexibility index (Phi) is 5.29. The minimum atomic E-state index is -0.841. The maximum Gasteiger partial charge on any atom is 0.295 e. The van der Waals surface area contributed by atoms with Gasteiger partial charge in [0, 0.05) is 24.5 Å². The third kappa shape index (κ3) is 3.80. The highest BCUT2D eigenvalue weighted by atomic mass is 16.3. The SMILES string of the molecule is Cc1ccc(C)c(/C(O)=C2\C(=O)C(=O)N(Cc3cccnc3)C2c2cccc(O)c2)c1. The molecule has 0 saturated carbocycles. The first-order valence-electron chi connectivity index (χ1n) is 9.90. The van der Waals surface area contributed by atoms with Crippen molar-refractivity contribution in [3.63, 3.8) is 0 Å². The lowest BCUT2D eigenvalue weighted by Crippen LogP contribution is -2.29. The van der Waals surface area contributed by atoms with E-state index in [-0.39, 0.29) is 23.6 Å². The third-order valence-electron chi connectivity index (χ3n) is 5.45. The third-order valence-corrected chi connectivity index (χ3v) is 5.45. The van der Waals surface area contributed by atoms with E-state index < -0.39 is 17.7 Å². The van der Waals surface area contributed by atoms with Crippen LogP contribution in [-0.2, 0) is 16.1 Å². The summed E-state index contributed by atoms with van der Waals surface area (Å²) < 4.78 is 0. The number of Topliss-reactive ketones (excluding diaryl/α,β-unsaturated/α-hetero) is 1. The van der Waals surface area contributed by atoms with Gasteiger partial charge in [0.15, 0.2) is 0 Å². The number of hydrogen-bond donors (Lipinski definition) is 2. The fourth-order valence-electron chi connectivity index (χ4n) is 3.91. The van der Waals surface area contributed by atoms with E-state index in [9.17, 15) is 19.8 Å². The van der Waals surface area contributed by atoms with E-state index in [4.69, 9.17) is 0 Å². The van der Waals surface area contributed by atoms with Gasteiger partial charge in [-0.15, -0.1) is 0 Å². The van der Waals surface area contributed by atoms with Crippen molar-refractivity contribution in [3.05, 3.63) is 100 Å². The van der Waals surface area contributed by atoms with E-state index in [1.807, 2.05) is 32.0 Å². The number of carbonyl (C=O) groups is 2. The molecule has 1 saturated heterocycles. The van der Waals surface area contributed by atoms with Gasteiger partial charge in [0.05, 0.1) is 11.6 Å². The fraction of sp³-hybridized carbons (Fsp3) is 0.160. The lowest BCUT2D eigenvalue weighted by Gasteiger charge is -2.25. The number of phenols is 1. The molecule has 1 atom stereocenters. The molecule has 0 bridgehead atoms. The monoisotopic (exact) mass is 414 g/mol. The van der Waals surface area contributed by atoms with Crippen LogP contribution in [0.4, 0.5) is 0 Å². The number of amides is 1. The average Bonchev–Trinajstić information content (AvgIpc) is 3.00. The zero-order valence-corrected chi connectivity index (χ0v) is 17.2. The molecule has 4 rings (SSSR count). The number of carbonyl (C=O) groups excluding carboxylic acids is 2. The summed E-state index contributed by atoms with van der Waals surface area (Å²) in [5.41, 5.74) is 3.51. The maximum atomic E-state index is 13.1. The molecule has 1 amide bonds. The Morgan fingerprint density at radius 1 is 1.06 bits per heavy atom. The van der Waals surface area contributed by atoms with Gasteiger partial charge in [-0.2, -0.15) is 0 Å². The molecule has 2 heterocycles. The number of aliphatic hydroxyl groups excluding tert-OH is 1. The van der Waals surface area contributed by atoms with Crippen LogP contribution in [0.3, 0.4) is 0 Å². The number of pyridine rings is 1. The average molecular weight is 414 g/mol. The Balaban J connectivity index is 1.91. The lowest BCUT2D eigenvalue weighted by atomic mass is 9.93. The lowest BCUT2D eigenvalue weighted by molar-refractivity contribution is -0.140. The van der Waals surface area contributed by atoms with Gasteiger partial charge in [0.1, 0.15) is 11.5 Å². The normalized spacial score (nSPS) is 17.9. The second-order valence-electron chi connectivity index (χ2n) is 7.70. The van der Waals surface area contributed by atoms with Crippen molar-refractivity contribution in [2.24, 2.45) is 0 Å². The van der Waals surface area contributed by atoms with Crippen LogP contribution in [0.1, 0.15) is 33.9 Å². The quantitative estimate of drug-likeness (QED) is 0.382. The van der Waals surface area contributed by atoms with Crippen LogP contribution >= 0.6 is 0 Å². The molecule has 156 valence electrons. The first-order chi connectivity index (χ1) is 14.9. The first-order valence-corrected chi connectivity index (χ1v) is 9.90. The largest absolute Gasteiger partial charge is 0.508 e. The molecule has 0 spiro atoms. The number of aliphatic hydroxyl groups is 1. The molecule has 6 heteroatoms. The van der Waals surface area contributed by atoms with Crippen molar-refractivity contribution in [2.45, 2.75) is 26.4 Å². The molecule has 6 nitrogen and oxygen atoms in total. The van der Waals surface area contributed by atoms with Gasteiger partial charge in [-0.1, -0.05) is 35.9 Å². The summed E-state index contributed by atoms with van der Waals surface area (Å²) in [6, 6.07) is 14.7. The van der Waals surface area contributed by atoms with Crippen LogP contribution in [0.2, 0.25) is 0 Å². The number of aromatic nitrogens is 1. The van der Waals surface area contributed by atoms with Gasteiger partial charge < -0.3 is 15.1 Å². The Morgan fingerprint density at radius 3 is 2.58 bits per heavy atom. The van der Waals surface area contributed by atoms with Gasteiger partial charge in [-0.05, 0) is 54.8 Å². The number of benzene rings is 2. The Labute approximate surface area is 180 Å². The van der Waals surface area contributed by atoms with Crippen LogP contribution in [0.15, 0.2) is 72.6 Å². The van der Waals surface area contributed by atoms with Crippen LogP contribution in [0.5, 0.6) is 5.75 Å². The molecule has 1 unspecified atom stereocenters. The summed E-state index contributed by atoms with van der Waals surface area (Å²) in [5, 5.41) is 21.2. The molecule has 31 heavy (non-hydrogen) atoms. The molecule has 1 aliphatic heterocycles. The molecule has 3 aromatic rings. The number of rotatable bonds is 4. The standard InChI is InChI=1S/C25H22N2O4/c1-15-8-9-16(2)20(11-15)23(29)21-22(18-6-3-7-19(28)12-18)27(25(31)24(21)30)14-17-5-4-10-26-13-17/h3-13,22,28-29H,14H2,1-2H3/b23-21+. The van der Waals surface area contributed by atoms with E-state index in [2.05, 4.69) is 4.98 Å². The molecular formula is C25H22N2O4. The predicted octanol–water partition coefficient (Wildman–Crippen LogP) is 4.03. The van der Waals surface area contributed by atoms with E-state index in [1.165, 1.54) is 17.0 Å². The summed E-state index contributed by atoms with van der Waals surface area (Å²) in [4.78, 5) is 31.6. The Morgan fingerprint density at radius 2 is 1.87 bits per heavy atom. The molecule has 1 aliphatic rings. The van der Waals surface area contributed by atoms with Crippen molar-refractivity contribution in [1.29, 1.82) is 0 Å². The summed E-state index contributed by atoms with van der Waals surface area (Å²) >= 11 is 0. The number of ketones is 1. The Hall–Kier alpha value is -3.93. The second kappa shape index (κ2) is 8.07. The predicted molar refractivity (Wildman–Crippen MR) is 116 cm³/mol. The molecule has 0 radical (unpaired) electrons. The van der Waals surface area contributed by atoms with Gasteiger partial charge in [-0.3, -0.25) is 14.6 Å². The number of aromatic hydroxyl groups is 1. The van der Waals surface area contributed by atoms with Crippen molar-refractivity contribution >= 4 is 17.4 Å². The summed E-state index contributed by atoms with van der Waals surface area (Å²) in [6.07, 6.45) is 3.26. The van der Waals surface area contributed by atoms with Gasteiger partial charge in [0.25, 0.3) is 11.7 Å². The van der Waals surface area contributed by atoms with Gasteiger partial charge >= 0.3 is 0 Å². The van der Waals surface area contributed by atoms with Crippen molar-refractivity contribution in [1.82, 2.24) is 9.88 Å². The molecule has 1 aromatic heterocycles. The highest BCUT2D eigenvalue weighted by Crippen LogP contribution is 2.41. The number of likely N-dealkylation sites (tertiary alicyclic amines) is 1. The summed E-state index contributed by atoms with van der Waals surface area (Å²) in [5.74, 6) is -1.67. The van der Waals surface area contributed by atoms with E-state index in [0.29, 0.717) is 11.1 Å². The minimum absolute atomic E-state index is 0.00758. The van der Waals surface area contributed by atoms with Crippen molar-refractivity contribution in [2.75, 3.05) is 0 Å². The number of nitrogens with zero attached hydrogens (tertiary/aromatic N) is 2. The van der Waals surface area contributed by atoms with Crippen molar-refractivity contribution in [3.8, 4) is 5.75 Å². The summed E-state index contributed by atoms with van der Waals surface area (Å²) in [6.45, 7) is 3.87. The van der Waals surface area contributed by atoms with Crippen LogP contribution < -0.4 is 0 Å². The Bertz CT molecular complexity index is 1200. The minimum Gasteiger partial charge on any atom is -0.508 e.